The average molecular weight is 340 g/mol. The number of sulfonamides is 1. The van der Waals surface area contributed by atoms with Gasteiger partial charge in [-0.15, -0.1) is 0 Å². The Hall–Kier alpha value is -1.15. The molecule has 0 aromatic carbocycles. The van der Waals surface area contributed by atoms with Crippen molar-refractivity contribution >= 4 is 21.4 Å². The molecule has 2 aromatic rings. The van der Waals surface area contributed by atoms with E-state index >= 15 is 0 Å². The number of hydrogen-bond donors (Lipinski definition) is 0. The summed E-state index contributed by atoms with van der Waals surface area (Å²) in [5.41, 5.74) is 1.25. The summed E-state index contributed by atoms with van der Waals surface area (Å²) in [6.07, 6.45) is 1.85. The topological polar surface area (TPSA) is 53.8 Å². The molecule has 0 amide bonds. The third kappa shape index (κ3) is 3.43. The molecular formula is C15H20N2O3S2. The number of hydrogen-bond acceptors (Lipinski definition) is 5. The summed E-state index contributed by atoms with van der Waals surface area (Å²) < 4.78 is 31.9. The van der Waals surface area contributed by atoms with Crippen LogP contribution in [0.5, 0.6) is 0 Å². The van der Waals surface area contributed by atoms with E-state index in [9.17, 15) is 8.42 Å². The van der Waals surface area contributed by atoms with E-state index in [0.29, 0.717) is 25.4 Å². The van der Waals surface area contributed by atoms with Crippen LogP contribution in [0.3, 0.4) is 0 Å². The molecule has 2 aromatic heterocycles. The van der Waals surface area contributed by atoms with Crippen LogP contribution in [0.25, 0.3) is 0 Å². The van der Waals surface area contributed by atoms with Crippen LogP contribution in [0.4, 0.5) is 0 Å². The molecule has 0 unspecified atom stereocenters. The van der Waals surface area contributed by atoms with Crippen LogP contribution in [-0.2, 0) is 23.1 Å². The zero-order valence-corrected chi connectivity index (χ0v) is 14.2. The van der Waals surface area contributed by atoms with Crippen LogP contribution >= 0.6 is 11.3 Å². The first kappa shape index (κ1) is 15.7. The van der Waals surface area contributed by atoms with Gasteiger partial charge in [-0.1, -0.05) is 0 Å². The summed E-state index contributed by atoms with van der Waals surface area (Å²) in [6, 6.07) is 5.42. The van der Waals surface area contributed by atoms with E-state index in [4.69, 9.17) is 4.42 Å². The molecule has 3 heterocycles. The molecule has 0 aliphatic carbocycles. The quantitative estimate of drug-likeness (QED) is 0.811. The maximum Gasteiger partial charge on any atom is 0.276 e. The Bertz CT molecular complexity index is 701. The maximum absolute atomic E-state index is 12.4. The van der Waals surface area contributed by atoms with E-state index in [-0.39, 0.29) is 5.09 Å². The fourth-order valence-electron chi connectivity index (χ4n) is 2.65. The Balaban J connectivity index is 1.65. The fraction of sp³-hybridized carbons (Fsp3) is 0.467. The predicted octanol–water partition coefficient (Wildman–Crippen LogP) is 2.76. The van der Waals surface area contributed by atoms with Crippen molar-refractivity contribution in [3.63, 3.8) is 0 Å². The minimum Gasteiger partial charge on any atom is -0.447 e. The van der Waals surface area contributed by atoms with Gasteiger partial charge in [0, 0.05) is 19.6 Å². The number of furan rings is 1. The van der Waals surface area contributed by atoms with E-state index < -0.39 is 10.0 Å². The lowest BCUT2D eigenvalue weighted by Gasteiger charge is -2.15. The SMILES string of the molecule is CN(Cc1ccsc1)Cc1ccc(S(=O)(=O)N2CCCC2)o1. The monoisotopic (exact) mass is 340 g/mol. The van der Waals surface area contributed by atoms with E-state index in [1.807, 2.05) is 7.05 Å². The Labute approximate surface area is 135 Å². The highest BCUT2D eigenvalue weighted by Crippen LogP contribution is 2.23. The van der Waals surface area contributed by atoms with Crippen molar-refractivity contribution in [2.75, 3.05) is 20.1 Å². The smallest absolute Gasteiger partial charge is 0.276 e. The molecule has 1 aliphatic rings. The van der Waals surface area contributed by atoms with E-state index in [2.05, 4.69) is 21.7 Å². The van der Waals surface area contributed by atoms with Gasteiger partial charge in [-0.3, -0.25) is 4.90 Å². The fourth-order valence-corrected chi connectivity index (χ4v) is 4.76. The van der Waals surface area contributed by atoms with Gasteiger partial charge in [-0.2, -0.15) is 15.6 Å². The molecule has 0 saturated carbocycles. The third-order valence-corrected chi connectivity index (χ3v) is 6.26. The van der Waals surface area contributed by atoms with Gasteiger partial charge < -0.3 is 4.42 Å². The lowest BCUT2D eigenvalue weighted by Crippen LogP contribution is -2.27. The summed E-state index contributed by atoms with van der Waals surface area (Å²) in [7, 11) is -1.46. The van der Waals surface area contributed by atoms with Crippen LogP contribution in [-0.4, -0.2) is 37.8 Å². The first-order valence-corrected chi connectivity index (χ1v) is 9.72. The molecule has 22 heavy (non-hydrogen) atoms. The van der Waals surface area contributed by atoms with Crippen molar-refractivity contribution in [3.8, 4) is 0 Å². The molecule has 0 spiro atoms. The summed E-state index contributed by atoms with van der Waals surface area (Å²) in [4.78, 5) is 2.10. The summed E-state index contributed by atoms with van der Waals surface area (Å²) in [5, 5.41) is 4.23. The first-order chi connectivity index (χ1) is 10.6. The van der Waals surface area contributed by atoms with Gasteiger partial charge in [-0.05, 0) is 54.4 Å². The zero-order valence-electron chi connectivity index (χ0n) is 12.6. The summed E-state index contributed by atoms with van der Waals surface area (Å²) >= 11 is 1.67. The third-order valence-electron chi connectivity index (χ3n) is 3.75. The summed E-state index contributed by atoms with van der Waals surface area (Å²) in [5.74, 6) is 0.676. The van der Waals surface area contributed by atoms with E-state index in [1.54, 1.807) is 23.5 Å². The molecule has 7 heteroatoms. The highest BCUT2D eigenvalue weighted by molar-refractivity contribution is 7.89. The Kier molecular flexibility index (Phi) is 4.67. The number of nitrogens with zero attached hydrogens (tertiary/aromatic N) is 2. The van der Waals surface area contributed by atoms with Gasteiger partial charge in [0.05, 0.1) is 6.54 Å². The maximum atomic E-state index is 12.4. The normalized spacial score (nSPS) is 16.6. The predicted molar refractivity (Wildman–Crippen MR) is 86.2 cm³/mol. The second-order valence-electron chi connectivity index (χ2n) is 5.64. The van der Waals surface area contributed by atoms with Gasteiger partial charge in [-0.25, -0.2) is 8.42 Å². The van der Waals surface area contributed by atoms with Crippen molar-refractivity contribution in [1.29, 1.82) is 0 Å². The highest BCUT2D eigenvalue weighted by atomic mass is 32.2. The van der Waals surface area contributed by atoms with Crippen LogP contribution in [0.2, 0.25) is 0 Å². The molecule has 0 N–H and O–H groups in total. The van der Waals surface area contributed by atoms with Gasteiger partial charge in [0.2, 0.25) is 5.09 Å². The van der Waals surface area contributed by atoms with Gasteiger partial charge in [0.25, 0.3) is 10.0 Å². The average Bonchev–Trinajstić information content (AvgIpc) is 3.21. The molecule has 0 bridgehead atoms. The van der Waals surface area contributed by atoms with Gasteiger partial charge in [0.15, 0.2) is 0 Å². The van der Waals surface area contributed by atoms with Gasteiger partial charge in [0.1, 0.15) is 5.76 Å². The first-order valence-electron chi connectivity index (χ1n) is 7.34. The molecule has 3 rings (SSSR count). The highest BCUT2D eigenvalue weighted by Gasteiger charge is 2.29. The van der Waals surface area contributed by atoms with Crippen LogP contribution < -0.4 is 0 Å². The van der Waals surface area contributed by atoms with Crippen LogP contribution in [0.15, 0.2) is 38.5 Å². The molecular weight excluding hydrogens is 320 g/mol. The van der Waals surface area contributed by atoms with Crippen molar-refractivity contribution in [3.05, 3.63) is 40.3 Å². The minimum absolute atomic E-state index is 0.0633. The molecule has 120 valence electrons. The zero-order chi connectivity index (χ0) is 15.6. The molecule has 5 nitrogen and oxygen atoms in total. The second-order valence-corrected chi connectivity index (χ2v) is 8.28. The van der Waals surface area contributed by atoms with Crippen molar-refractivity contribution in [2.24, 2.45) is 0 Å². The van der Waals surface area contributed by atoms with E-state index in [1.165, 1.54) is 9.87 Å². The number of rotatable bonds is 6. The van der Waals surface area contributed by atoms with Crippen molar-refractivity contribution in [2.45, 2.75) is 31.0 Å². The Morgan fingerprint density at radius 3 is 2.68 bits per heavy atom. The summed E-state index contributed by atoms with van der Waals surface area (Å²) in [6.45, 7) is 2.59. The van der Waals surface area contributed by atoms with E-state index in [0.717, 1.165) is 19.4 Å². The van der Waals surface area contributed by atoms with Crippen molar-refractivity contribution < 1.29 is 12.8 Å². The molecule has 0 atom stereocenters. The molecule has 1 fully saturated rings. The largest absolute Gasteiger partial charge is 0.447 e. The van der Waals surface area contributed by atoms with Crippen LogP contribution in [0.1, 0.15) is 24.2 Å². The van der Waals surface area contributed by atoms with Crippen molar-refractivity contribution in [1.82, 2.24) is 9.21 Å². The Morgan fingerprint density at radius 1 is 1.23 bits per heavy atom. The molecule has 1 aliphatic heterocycles. The molecule has 1 saturated heterocycles. The van der Waals surface area contributed by atoms with Crippen LogP contribution in [0, 0.1) is 0 Å². The minimum atomic E-state index is -3.45. The number of thiophene rings is 1. The second kappa shape index (κ2) is 6.54. The standard InChI is InChI=1S/C15H20N2O3S2/c1-16(10-13-6-9-21-12-13)11-14-4-5-15(20-14)22(18,19)17-7-2-3-8-17/h4-6,9,12H,2-3,7-8,10-11H2,1H3. The Morgan fingerprint density at radius 2 is 2.00 bits per heavy atom. The lowest BCUT2D eigenvalue weighted by atomic mass is 10.3. The molecule has 0 radical (unpaired) electrons. The lowest BCUT2D eigenvalue weighted by molar-refractivity contribution is 0.274. The van der Waals surface area contributed by atoms with Gasteiger partial charge >= 0.3 is 0 Å².